The molecule has 30 heavy (non-hydrogen) atoms. The molecule has 168 valence electrons. The van der Waals surface area contributed by atoms with E-state index in [0.29, 0.717) is 22.5 Å². The molecule has 3 fully saturated rings. The number of rotatable bonds is 5. The molecule has 8 atom stereocenters. The second-order valence-corrected chi connectivity index (χ2v) is 12.3. The largest absolute Gasteiger partial charge is 0.295 e. The van der Waals surface area contributed by atoms with E-state index in [9.17, 15) is 4.79 Å². The lowest BCUT2D eigenvalue weighted by molar-refractivity contribution is -0.117. The van der Waals surface area contributed by atoms with E-state index in [4.69, 9.17) is 0 Å². The summed E-state index contributed by atoms with van der Waals surface area (Å²) in [5, 5.41) is 0. The van der Waals surface area contributed by atoms with Gasteiger partial charge < -0.3 is 0 Å². The second kappa shape index (κ2) is 8.25. The van der Waals surface area contributed by atoms with E-state index in [-0.39, 0.29) is 0 Å². The van der Waals surface area contributed by atoms with Gasteiger partial charge in [0.2, 0.25) is 0 Å². The maximum atomic E-state index is 12.1. The lowest BCUT2D eigenvalue weighted by atomic mass is 9.46. The van der Waals surface area contributed by atoms with Crippen molar-refractivity contribution >= 4 is 5.78 Å². The number of carbonyl (C=O) groups excluding carboxylic acids is 1. The molecule has 0 spiro atoms. The van der Waals surface area contributed by atoms with Crippen molar-refractivity contribution in [3.63, 3.8) is 0 Å². The highest BCUT2D eigenvalue weighted by Crippen LogP contribution is 2.67. The van der Waals surface area contributed by atoms with Crippen LogP contribution in [0.1, 0.15) is 99.3 Å². The minimum absolute atomic E-state index is 0.313. The van der Waals surface area contributed by atoms with Gasteiger partial charge in [-0.05, 0) is 110 Å². The third-order valence-corrected chi connectivity index (χ3v) is 10.7. The summed E-state index contributed by atoms with van der Waals surface area (Å²) in [6.07, 6.45) is 18.5. The highest BCUT2D eigenvalue weighted by Gasteiger charge is 2.59. The van der Waals surface area contributed by atoms with Crippen LogP contribution in [0.2, 0.25) is 0 Å². The summed E-state index contributed by atoms with van der Waals surface area (Å²) in [5.41, 5.74) is 2.34. The summed E-state index contributed by atoms with van der Waals surface area (Å²) in [4.78, 5) is 12.1. The normalized spacial score (nSPS) is 43.2. The molecule has 0 saturated heterocycles. The number of ketones is 1. The minimum atomic E-state index is 0.313. The first-order valence-corrected chi connectivity index (χ1v) is 13.1. The molecule has 4 rings (SSSR count). The summed E-state index contributed by atoms with van der Waals surface area (Å²) in [5.74, 6) is 6.01. The summed E-state index contributed by atoms with van der Waals surface area (Å²) in [6, 6.07) is 0. The van der Waals surface area contributed by atoms with Crippen molar-refractivity contribution < 1.29 is 4.79 Å². The molecule has 0 bridgehead atoms. The van der Waals surface area contributed by atoms with Gasteiger partial charge in [0.15, 0.2) is 5.78 Å². The molecule has 4 aliphatic carbocycles. The van der Waals surface area contributed by atoms with E-state index in [1.54, 1.807) is 0 Å². The van der Waals surface area contributed by atoms with Crippen LogP contribution >= 0.6 is 0 Å². The summed E-state index contributed by atoms with van der Waals surface area (Å²) in [6.45, 7) is 14.7. The Balaban J connectivity index is 1.52. The van der Waals surface area contributed by atoms with Crippen LogP contribution in [0.15, 0.2) is 23.8 Å². The monoisotopic (exact) mass is 410 g/mol. The Kier molecular flexibility index (Phi) is 6.15. The lowest BCUT2D eigenvalue weighted by Crippen LogP contribution is -2.50. The maximum absolute atomic E-state index is 12.1. The average molecular weight is 411 g/mol. The quantitative estimate of drug-likeness (QED) is 0.419. The highest BCUT2D eigenvalue weighted by atomic mass is 16.1. The van der Waals surface area contributed by atoms with Gasteiger partial charge in [-0.25, -0.2) is 0 Å². The molecule has 0 heterocycles. The van der Waals surface area contributed by atoms with E-state index in [0.717, 1.165) is 48.3 Å². The fourth-order valence-corrected chi connectivity index (χ4v) is 8.75. The van der Waals surface area contributed by atoms with E-state index < -0.39 is 0 Å². The van der Waals surface area contributed by atoms with Crippen molar-refractivity contribution in [3.05, 3.63) is 23.8 Å². The van der Waals surface area contributed by atoms with Gasteiger partial charge in [-0.2, -0.15) is 0 Å². The summed E-state index contributed by atoms with van der Waals surface area (Å²) < 4.78 is 0. The Labute approximate surface area is 186 Å². The van der Waals surface area contributed by atoms with Crippen LogP contribution in [-0.2, 0) is 4.79 Å². The first-order chi connectivity index (χ1) is 14.2. The standard InChI is InChI=1S/C29H46O/c1-7-21(19(2)3)9-8-20(4)25-12-13-26-24-11-10-22-18-23(30)14-16-28(22,5)27(24)15-17-29(25,26)6/h8-9,18-21,24-27H,7,10-17H2,1-6H3. The number of carbonyl (C=O) groups is 1. The third-order valence-electron chi connectivity index (χ3n) is 10.7. The van der Waals surface area contributed by atoms with Crippen LogP contribution in [0.25, 0.3) is 0 Å². The Hall–Kier alpha value is -0.850. The Morgan fingerprint density at radius 3 is 2.47 bits per heavy atom. The second-order valence-electron chi connectivity index (χ2n) is 12.3. The minimum Gasteiger partial charge on any atom is -0.295 e. The lowest BCUT2D eigenvalue weighted by Gasteiger charge is -2.58. The van der Waals surface area contributed by atoms with Crippen LogP contribution in [0, 0.1) is 52.3 Å². The molecule has 0 amide bonds. The molecule has 8 unspecified atom stereocenters. The molecule has 0 N–H and O–H groups in total. The van der Waals surface area contributed by atoms with Gasteiger partial charge in [0.25, 0.3) is 0 Å². The topological polar surface area (TPSA) is 17.1 Å². The van der Waals surface area contributed by atoms with E-state index in [1.165, 1.54) is 50.5 Å². The maximum Gasteiger partial charge on any atom is 0.155 e. The molecule has 1 heteroatoms. The third kappa shape index (κ3) is 3.57. The first kappa shape index (κ1) is 22.3. The van der Waals surface area contributed by atoms with Crippen LogP contribution in [-0.4, -0.2) is 5.78 Å². The van der Waals surface area contributed by atoms with E-state index in [1.807, 2.05) is 0 Å². The fourth-order valence-electron chi connectivity index (χ4n) is 8.75. The molecular weight excluding hydrogens is 364 g/mol. The molecule has 0 aromatic rings. The predicted octanol–water partition coefficient (Wildman–Crippen LogP) is 8.01. The highest BCUT2D eigenvalue weighted by molar-refractivity contribution is 5.91. The van der Waals surface area contributed by atoms with Crippen molar-refractivity contribution in [2.24, 2.45) is 52.3 Å². The zero-order valence-corrected chi connectivity index (χ0v) is 20.5. The smallest absolute Gasteiger partial charge is 0.155 e. The SMILES string of the molecule is CCC(C=CC(C)C1CCC2C3CCC4=CC(=O)CCC4(C)C3CCC12C)C(C)C. The van der Waals surface area contributed by atoms with Crippen LogP contribution < -0.4 is 0 Å². The van der Waals surface area contributed by atoms with Crippen molar-refractivity contribution in [2.75, 3.05) is 0 Å². The Bertz CT molecular complexity index is 714. The molecule has 1 nitrogen and oxygen atoms in total. The van der Waals surface area contributed by atoms with Gasteiger partial charge in [-0.15, -0.1) is 0 Å². The molecule has 0 aromatic carbocycles. The Morgan fingerprint density at radius 1 is 1.00 bits per heavy atom. The van der Waals surface area contributed by atoms with E-state index in [2.05, 4.69) is 59.8 Å². The number of hydrogen-bond donors (Lipinski definition) is 0. The molecule has 0 radical (unpaired) electrons. The number of fused-ring (bicyclic) bond motifs is 5. The summed E-state index contributed by atoms with van der Waals surface area (Å²) >= 11 is 0. The van der Waals surface area contributed by atoms with Crippen LogP contribution in [0.5, 0.6) is 0 Å². The Morgan fingerprint density at radius 2 is 1.77 bits per heavy atom. The molecular formula is C29H46O. The van der Waals surface area contributed by atoms with Crippen molar-refractivity contribution in [3.8, 4) is 0 Å². The number of allylic oxidation sites excluding steroid dienone is 3. The number of hydrogen-bond acceptors (Lipinski definition) is 1. The van der Waals surface area contributed by atoms with Crippen molar-refractivity contribution in [1.82, 2.24) is 0 Å². The molecule has 0 aliphatic heterocycles. The van der Waals surface area contributed by atoms with Crippen molar-refractivity contribution in [2.45, 2.75) is 99.3 Å². The van der Waals surface area contributed by atoms with Gasteiger partial charge >= 0.3 is 0 Å². The van der Waals surface area contributed by atoms with Gasteiger partial charge in [-0.3, -0.25) is 4.79 Å². The van der Waals surface area contributed by atoms with Gasteiger partial charge in [0, 0.05) is 6.42 Å². The van der Waals surface area contributed by atoms with Gasteiger partial charge in [-0.1, -0.05) is 59.3 Å². The predicted molar refractivity (Wildman–Crippen MR) is 127 cm³/mol. The zero-order valence-electron chi connectivity index (χ0n) is 20.5. The molecule has 3 saturated carbocycles. The van der Waals surface area contributed by atoms with Gasteiger partial charge in [0.1, 0.15) is 0 Å². The van der Waals surface area contributed by atoms with Crippen molar-refractivity contribution in [1.29, 1.82) is 0 Å². The van der Waals surface area contributed by atoms with Crippen LogP contribution in [0.4, 0.5) is 0 Å². The van der Waals surface area contributed by atoms with Crippen LogP contribution in [0.3, 0.4) is 0 Å². The average Bonchev–Trinajstić information content (AvgIpc) is 3.06. The van der Waals surface area contributed by atoms with E-state index >= 15 is 0 Å². The molecule has 0 aromatic heterocycles. The zero-order chi connectivity index (χ0) is 21.7. The fraction of sp³-hybridized carbons (Fsp3) is 0.828. The molecule has 4 aliphatic rings. The van der Waals surface area contributed by atoms with Gasteiger partial charge in [0.05, 0.1) is 0 Å². The first-order valence-electron chi connectivity index (χ1n) is 13.1. The summed E-state index contributed by atoms with van der Waals surface area (Å²) in [7, 11) is 0.